The van der Waals surface area contributed by atoms with Crippen LogP contribution in [0.5, 0.6) is 0 Å². The Hall–Kier alpha value is -1.49. The van der Waals surface area contributed by atoms with E-state index >= 15 is 0 Å². The molecule has 1 saturated heterocycles. The van der Waals surface area contributed by atoms with E-state index in [0.29, 0.717) is 4.47 Å². The monoisotopic (exact) mass is 447 g/mol. The second kappa shape index (κ2) is 8.94. The number of methoxy groups -OCH3 is 1. The Morgan fingerprint density at radius 1 is 1.27 bits per heavy atom. The lowest BCUT2D eigenvalue weighted by Gasteiger charge is -2.35. The molecule has 0 unspecified atom stereocenters. The summed E-state index contributed by atoms with van der Waals surface area (Å²) in [6.45, 7) is 2.45. The first-order valence-electron chi connectivity index (χ1n) is 8.08. The van der Waals surface area contributed by atoms with Gasteiger partial charge >= 0.3 is 0 Å². The molecule has 0 aromatic heterocycles. The van der Waals surface area contributed by atoms with Gasteiger partial charge in [-0.15, -0.1) is 0 Å². The molecule has 1 aromatic rings. The molecule has 2 amide bonds. The summed E-state index contributed by atoms with van der Waals surface area (Å²) in [4.78, 5) is 25.7. The third kappa shape index (κ3) is 5.03. The maximum atomic E-state index is 12.7. The van der Waals surface area contributed by atoms with Crippen LogP contribution in [0.25, 0.3) is 0 Å². The van der Waals surface area contributed by atoms with Gasteiger partial charge in [-0.25, -0.2) is 8.42 Å². The number of benzene rings is 1. The predicted octanol–water partition coefficient (Wildman–Crippen LogP) is 0.433. The number of piperazine rings is 1. The van der Waals surface area contributed by atoms with Gasteiger partial charge in [0.05, 0.1) is 4.90 Å². The van der Waals surface area contributed by atoms with E-state index in [1.54, 1.807) is 36.1 Å². The fraction of sp³-hybridized carbons (Fsp3) is 0.500. The number of hydrogen-bond acceptors (Lipinski definition) is 5. The van der Waals surface area contributed by atoms with Crippen molar-refractivity contribution in [2.75, 3.05) is 39.9 Å². The van der Waals surface area contributed by atoms with Crippen LogP contribution in [0, 0.1) is 0 Å². The number of amides is 2. The van der Waals surface area contributed by atoms with Crippen LogP contribution in [0.1, 0.15) is 6.92 Å². The number of rotatable bonds is 6. The average Bonchev–Trinajstić information content (AvgIpc) is 2.61. The summed E-state index contributed by atoms with van der Waals surface area (Å²) in [5, 5.41) is 2.56. The number of ether oxygens (including phenoxy) is 1. The Balaban J connectivity index is 1.96. The highest BCUT2D eigenvalue weighted by Gasteiger charge is 2.31. The second-order valence-electron chi connectivity index (χ2n) is 5.91. The van der Waals surface area contributed by atoms with Crippen molar-refractivity contribution in [1.82, 2.24) is 14.5 Å². The van der Waals surface area contributed by atoms with Crippen molar-refractivity contribution in [1.29, 1.82) is 0 Å². The summed E-state index contributed by atoms with van der Waals surface area (Å²) in [5.74, 6) is -0.613. The van der Waals surface area contributed by atoms with Crippen LogP contribution in [0.15, 0.2) is 33.6 Å². The molecule has 1 N–H and O–H groups in total. The zero-order chi connectivity index (χ0) is 19.3. The molecule has 1 fully saturated rings. The lowest BCUT2D eigenvalue weighted by Crippen LogP contribution is -2.55. The summed E-state index contributed by atoms with van der Waals surface area (Å²) in [5.41, 5.74) is 0. The highest BCUT2D eigenvalue weighted by molar-refractivity contribution is 9.10. The van der Waals surface area contributed by atoms with Gasteiger partial charge in [0.25, 0.3) is 0 Å². The molecule has 0 radical (unpaired) electrons. The Morgan fingerprint density at radius 2 is 1.92 bits per heavy atom. The number of nitrogens with zero attached hydrogens (tertiary/aromatic N) is 2. The maximum absolute atomic E-state index is 12.7. The molecule has 144 valence electrons. The Bertz CT molecular complexity index is 763. The Labute approximate surface area is 161 Å². The molecule has 0 spiro atoms. The first-order valence-corrected chi connectivity index (χ1v) is 10.3. The van der Waals surface area contributed by atoms with Crippen molar-refractivity contribution >= 4 is 37.8 Å². The molecule has 0 aliphatic carbocycles. The molecule has 1 heterocycles. The minimum Gasteiger partial charge on any atom is -0.375 e. The normalized spacial score (nSPS) is 17.0. The van der Waals surface area contributed by atoms with E-state index in [2.05, 4.69) is 21.2 Å². The van der Waals surface area contributed by atoms with Gasteiger partial charge in [-0.05, 0) is 25.1 Å². The van der Waals surface area contributed by atoms with Crippen LogP contribution >= 0.6 is 15.9 Å². The highest BCUT2D eigenvalue weighted by Crippen LogP contribution is 2.21. The number of carbonyl (C=O) groups is 2. The topological polar surface area (TPSA) is 96.0 Å². The standard InChI is InChI=1S/C16H22BrN3O5S/c1-12(18-15(21)11-25-2)16(22)19-6-8-20(9-7-19)26(23,24)14-5-3-4-13(17)10-14/h3-5,10,12H,6-9,11H2,1-2H3,(H,18,21)/t12-/m0/s1. The van der Waals surface area contributed by atoms with Crippen LogP contribution in [0.4, 0.5) is 0 Å². The van der Waals surface area contributed by atoms with Gasteiger partial charge < -0.3 is 15.0 Å². The first-order chi connectivity index (χ1) is 12.3. The zero-order valence-electron chi connectivity index (χ0n) is 14.6. The van der Waals surface area contributed by atoms with Gasteiger partial charge in [0.15, 0.2) is 0 Å². The summed E-state index contributed by atoms with van der Waals surface area (Å²) in [7, 11) is -2.20. The number of sulfonamides is 1. The van der Waals surface area contributed by atoms with E-state index < -0.39 is 16.1 Å². The van der Waals surface area contributed by atoms with Gasteiger partial charge in [-0.2, -0.15) is 4.31 Å². The molecular weight excluding hydrogens is 426 g/mol. The Morgan fingerprint density at radius 3 is 2.50 bits per heavy atom. The van der Waals surface area contributed by atoms with Crippen molar-refractivity contribution in [3.8, 4) is 0 Å². The zero-order valence-corrected chi connectivity index (χ0v) is 17.0. The molecule has 1 aliphatic heterocycles. The van der Waals surface area contributed by atoms with Crippen molar-refractivity contribution in [2.24, 2.45) is 0 Å². The summed E-state index contributed by atoms with van der Waals surface area (Å²) in [6.07, 6.45) is 0. The molecule has 0 bridgehead atoms. The smallest absolute Gasteiger partial charge is 0.246 e. The van der Waals surface area contributed by atoms with Gasteiger partial charge in [0, 0.05) is 37.8 Å². The third-order valence-electron chi connectivity index (χ3n) is 4.01. The van der Waals surface area contributed by atoms with Crippen LogP contribution in [-0.4, -0.2) is 75.4 Å². The van der Waals surface area contributed by atoms with Gasteiger partial charge in [0.2, 0.25) is 21.8 Å². The molecular formula is C16H22BrN3O5S. The molecule has 0 saturated carbocycles. The molecule has 2 rings (SSSR count). The third-order valence-corrected chi connectivity index (χ3v) is 6.40. The number of halogens is 1. The number of nitrogens with one attached hydrogen (secondary N) is 1. The minimum atomic E-state index is -3.60. The summed E-state index contributed by atoms with van der Waals surface area (Å²) in [6, 6.07) is 5.84. The van der Waals surface area contributed by atoms with Crippen LogP contribution in [-0.2, 0) is 24.3 Å². The van der Waals surface area contributed by atoms with Gasteiger partial charge in [0.1, 0.15) is 12.6 Å². The lowest BCUT2D eigenvalue weighted by atomic mass is 10.2. The molecule has 8 nitrogen and oxygen atoms in total. The minimum absolute atomic E-state index is 0.115. The number of hydrogen-bond donors (Lipinski definition) is 1. The second-order valence-corrected chi connectivity index (χ2v) is 8.76. The lowest BCUT2D eigenvalue weighted by molar-refractivity contribution is -0.137. The first kappa shape index (κ1) is 20.8. The molecule has 26 heavy (non-hydrogen) atoms. The maximum Gasteiger partial charge on any atom is 0.246 e. The Kier molecular flexibility index (Phi) is 7.16. The fourth-order valence-electron chi connectivity index (χ4n) is 2.68. The number of carbonyl (C=O) groups excluding carboxylic acids is 2. The van der Waals surface area contributed by atoms with E-state index in [9.17, 15) is 18.0 Å². The quantitative estimate of drug-likeness (QED) is 0.681. The predicted molar refractivity (Wildman–Crippen MR) is 99.0 cm³/mol. The van der Waals surface area contributed by atoms with Crippen molar-refractivity contribution in [2.45, 2.75) is 17.9 Å². The van der Waals surface area contributed by atoms with Crippen LogP contribution < -0.4 is 5.32 Å². The molecule has 10 heteroatoms. The van der Waals surface area contributed by atoms with Gasteiger partial charge in [-0.3, -0.25) is 9.59 Å². The molecule has 1 aromatic carbocycles. The van der Waals surface area contributed by atoms with E-state index in [1.807, 2.05) is 0 Å². The molecule has 1 aliphatic rings. The summed E-state index contributed by atoms with van der Waals surface area (Å²) < 4.78 is 32.2. The van der Waals surface area contributed by atoms with Crippen molar-refractivity contribution in [3.05, 3.63) is 28.7 Å². The van der Waals surface area contributed by atoms with E-state index in [-0.39, 0.29) is 49.5 Å². The SMILES string of the molecule is COCC(=O)N[C@@H](C)C(=O)N1CCN(S(=O)(=O)c2cccc(Br)c2)CC1. The van der Waals surface area contributed by atoms with Crippen molar-refractivity contribution in [3.63, 3.8) is 0 Å². The van der Waals surface area contributed by atoms with Crippen LogP contribution in [0.3, 0.4) is 0 Å². The van der Waals surface area contributed by atoms with Crippen LogP contribution in [0.2, 0.25) is 0 Å². The fourth-order valence-corrected chi connectivity index (χ4v) is 4.69. The average molecular weight is 448 g/mol. The van der Waals surface area contributed by atoms with Crippen molar-refractivity contribution < 1.29 is 22.7 Å². The molecule has 1 atom stereocenters. The van der Waals surface area contributed by atoms with E-state index in [4.69, 9.17) is 4.74 Å². The van der Waals surface area contributed by atoms with E-state index in [1.165, 1.54) is 11.4 Å². The largest absolute Gasteiger partial charge is 0.375 e. The van der Waals surface area contributed by atoms with Gasteiger partial charge in [-0.1, -0.05) is 22.0 Å². The van der Waals surface area contributed by atoms with E-state index in [0.717, 1.165) is 0 Å². The summed E-state index contributed by atoms with van der Waals surface area (Å²) >= 11 is 3.27. The highest BCUT2D eigenvalue weighted by atomic mass is 79.9.